The molecule has 3 fully saturated rings. The van der Waals surface area contributed by atoms with Crippen molar-refractivity contribution < 1.29 is 4.74 Å². The number of ether oxygens (including phenoxy) is 1. The summed E-state index contributed by atoms with van der Waals surface area (Å²) in [7, 11) is 0. The molecular formula is C22H31Cl2NO. The summed E-state index contributed by atoms with van der Waals surface area (Å²) >= 11 is 12.2. The average Bonchev–Trinajstić information content (AvgIpc) is 2.85. The highest BCUT2D eigenvalue weighted by atomic mass is 35.5. The van der Waals surface area contributed by atoms with Crippen LogP contribution < -0.4 is 10.1 Å². The summed E-state index contributed by atoms with van der Waals surface area (Å²) in [6.45, 7) is 0.791. The second-order valence-electron chi connectivity index (χ2n) is 8.69. The zero-order chi connectivity index (χ0) is 17.9. The quantitative estimate of drug-likeness (QED) is 0.575. The van der Waals surface area contributed by atoms with Crippen LogP contribution in [0.25, 0.3) is 0 Å². The molecule has 26 heavy (non-hydrogen) atoms. The lowest BCUT2D eigenvalue weighted by Crippen LogP contribution is -2.48. The molecule has 2 heterocycles. The number of hydrogen-bond donors (Lipinski definition) is 1. The normalized spacial score (nSPS) is 32.4. The van der Waals surface area contributed by atoms with Gasteiger partial charge in [0, 0.05) is 24.1 Å². The average molecular weight is 396 g/mol. The first-order valence-corrected chi connectivity index (χ1v) is 11.3. The van der Waals surface area contributed by atoms with Crippen molar-refractivity contribution in [1.82, 2.24) is 5.32 Å². The summed E-state index contributed by atoms with van der Waals surface area (Å²) in [6, 6.07) is 6.98. The smallest absolute Gasteiger partial charge is 0.120 e. The van der Waals surface area contributed by atoms with Crippen molar-refractivity contribution >= 4 is 23.2 Å². The van der Waals surface area contributed by atoms with E-state index >= 15 is 0 Å². The number of halogens is 2. The van der Waals surface area contributed by atoms with E-state index in [-0.39, 0.29) is 0 Å². The van der Waals surface area contributed by atoms with Gasteiger partial charge in [-0.25, -0.2) is 0 Å². The van der Waals surface area contributed by atoms with Crippen LogP contribution in [0.2, 0.25) is 10.0 Å². The minimum atomic E-state index is 0.571. The molecule has 0 radical (unpaired) electrons. The van der Waals surface area contributed by atoms with Crippen LogP contribution in [-0.4, -0.2) is 18.7 Å². The van der Waals surface area contributed by atoms with Gasteiger partial charge in [-0.05, 0) is 49.7 Å². The maximum absolute atomic E-state index is 6.19. The molecule has 2 nitrogen and oxygen atoms in total. The van der Waals surface area contributed by atoms with Crippen molar-refractivity contribution in [3.63, 3.8) is 0 Å². The molecule has 1 saturated carbocycles. The van der Waals surface area contributed by atoms with Gasteiger partial charge < -0.3 is 10.1 Å². The predicted molar refractivity (Wildman–Crippen MR) is 109 cm³/mol. The Bertz CT molecular complexity index is 600. The van der Waals surface area contributed by atoms with Gasteiger partial charge in [-0.1, -0.05) is 61.7 Å². The van der Waals surface area contributed by atoms with E-state index in [1.54, 1.807) is 0 Å². The van der Waals surface area contributed by atoms with Gasteiger partial charge in [0.2, 0.25) is 0 Å². The van der Waals surface area contributed by atoms with E-state index in [4.69, 9.17) is 27.9 Å². The third-order valence-electron chi connectivity index (χ3n) is 6.93. The summed E-state index contributed by atoms with van der Waals surface area (Å²) in [4.78, 5) is 0. The second kappa shape index (κ2) is 8.71. The van der Waals surface area contributed by atoms with Crippen molar-refractivity contribution in [2.24, 2.45) is 17.8 Å². The van der Waals surface area contributed by atoms with Crippen molar-refractivity contribution in [3.05, 3.63) is 28.2 Å². The molecule has 1 aromatic carbocycles. The van der Waals surface area contributed by atoms with E-state index in [0.717, 1.165) is 30.2 Å². The standard InChI is InChI=1S/C22H31Cl2NO/c23-20-9-8-18(13-21(20)24)26-14-19-16(12-17-7-10-22(19)25-17)11-15-5-3-1-2-4-6-15/h8-9,13,15-17,19,22,25H,1-7,10-12,14H2. The number of nitrogens with one attached hydrogen (secondary N) is 1. The molecule has 4 unspecified atom stereocenters. The lowest BCUT2D eigenvalue weighted by Gasteiger charge is -2.39. The maximum Gasteiger partial charge on any atom is 0.120 e. The highest BCUT2D eigenvalue weighted by molar-refractivity contribution is 6.42. The van der Waals surface area contributed by atoms with Gasteiger partial charge in [0.1, 0.15) is 5.75 Å². The zero-order valence-electron chi connectivity index (χ0n) is 15.6. The van der Waals surface area contributed by atoms with E-state index in [9.17, 15) is 0 Å². The predicted octanol–water partition coefficient (Wildman–Crippen LogP) is 6.49. The van der Waals surface area contributed by atoms with Crippen LogP contribution >= 0.6 is 23.2 Å². The van der Waals surface area contributed by atoms with Crippen molar-refractivity contribution in [3.8, 4) is 5.75 Å². The van der Waals surface area contributed by atoms with Crippen molar-refractivity contribution in [2.45, 2.75) is 76.3 Å². The Kier molecular flexibility index (Phi) is 6.33. The van der Waals surface area contributed by atoms with Crippen LogP contribution in [0.5, 0.6) is 5.75 Å². The summed E-state index contributed by atoms with van der Waals surface area (Å²) in [5, 5.41) is 5.01. The van der Waals surface area contributed by atoms with E-state index in [1.165, 1.54) is 64.2 Å². The minimum Gasteiger partial charge on any atom is -0.493 e. The van der Waals surface area contributed by atoms with Gasteiger partial charge in [0.05, 0.1) is 16.7 Å². The molecule has 144 valence electrons. The summed E-state index contributed by atoms with van der Waals surface area (Å²) in [5.74, 6) is 3.20. The fraction of sp³-hybridized carbons (Fsp3) is 0.727. The monoisotopic (exact) mass is 395 g/mol. The van der Waals surface area contributed by atoms with E-state index in [1.807, 2.05) is 18.2 Å². The first-order chi connectivity index (χ1) is 12.7. The number of hydrogen-bond acceptors (Lipinski definition) is 2. The van der Waals surface area contributed by atoms with Crippen molar-refractivity contribution in [1.29, 1.82) is 0 Å². The first-order valence-electron chi connectivity index (χ1n) is 10.5. The molecule has 0 aromatic heterocycles. The summed E-state index contributed by atoms with van der Waals surface area (Å²) < 4.78 is 6.19. The fourth-order valence-electron chi connectivity index (χ4n) is 5.55. The van der Waals surface area contributed by atoms with Gasteiger partial charge in [-0.2, -0.15) is 0 Å². The Morgan fingerprint density at radius 3 is 2.54 bits per heavy atom. The van der Waals surface area contributed by atoms with Crippen LogP contribution in [-0.2, 0) is 0 Å². The molecule has 4 atom stereocenters. The van der Waals surface area contributed by atoms with Crippen molar-refractivity contribution in [2.75, 3.05) is 6.61 Å². The number of benzene rings is 1. The minimum absolute atomic E-state index is 0.571. The number of rotatable bonds is 5. The van der Waals surface area contributed by atoms with E-state index in [2.05, 4.69) is 5.32 Å². The molecule has 1 aromatic rings. The van der Waals surface area contributed by atoms with Gasteiger partial charge in [-0.15, -0.1) is 0 Å². The summed E-state index contributed by atoms with van der Waals surface area (Å²) in [6.07, 6.45) is 14.0. The number of piperidine rings is 1. The molecule has 0 amide bonds. The Morgan fingerprint density at radius 2 is 1.77 bits per heavy atom. The van der Waals surface area contributed by atoms with E-state index in [0.29, 0.717) is 22.0 Å². The largest absolute Gasteiger partial charge is 0.493 e. The Labute approximate surface area is 168 Å². The third kappa shape index (κ3) is 4.51. The van der Waals surface area contributed by atoms with Crippen LogP contribution in [0, 0.1) is 17.8 Å². The molecular weight excluding hydrogens is 365 g/mol. The SMILES string of the molecule is Clc1ccc(OCC2C(CC3CCCCCC3)CC3CCC2N3)cc1Cl. The molecule has 4 rings (SSSR count). The maximum atomic E-state index is 6.19. The molecule has 2 bridgehead atoms. The van der Waals surface area contributed by atoms with Gasteiger partial charge in [0.15, 0.2) is 0 Å². The Morgan fingerprint density at radius 1 is 0.962 bits per heavy atom. The molecule has 0 spiro atoms. The number of fused-ring (bicyclic) bond motifs is 2. The highest BCUT2D eigenvalue weighted by Crippen LogP contribution is 2.41. The lowest BCUT2D eigenvalue weighted by molar-refractivity contribution is 0.102. The topological polar surface area (TPSA) is 21.3 Å². The van der Waals surface area contributed by atoms with Crippen LogP contribution in [0.3, 0.4) is 0 Å². The summed E-state index contributed by atoms with van der Waals surface area (Å²) in [5.41, 5.74) is 0. The lowest BCUT2D eigenvalue weighted by atomic mass is 9.75. The molecule has 3 aliphatic rings. The molecule has 2 saturated heterocycles. The fourth-order valence-corrected chi connectivity index (χ4v) is 5.84. The molecule has 2 aliphatic heterocycles. The second-order valence-corrected chi connectivity index (χ2v) is 9.50. The van der Waals surface area contributed by atoms with Gasteiger partial charge in [-0.3, -0.25) is 0 Å². The zero-order valence-corrected chi connectivity index (χ0v) is 17.1. The van der Waals surface area contributed by atoms with Crippen LogP contribution in [0.4, 0.5) is 0 Å². The van der Waals surface area contributed by atoms with Gasteiger partial charge in [0.25, 0.3) is 0 Å². The molecule has 1 N–H and O–H groups in total. The Hall–Kier alpha value is -0.440. The third-order valence-corrected chi connectivity index (χ3v) is 7.67. The van der Waals surface area contributed by atoms with E-state index < -0.39 is 0 Å². The Balaban J connectivity index is 1.41. The molecule has 4 heteroatoms. The van der Waals surface area contributed by atoms with Crippen LogP contribution in [0.1, 0.15) is 64.2 Å². The highest BCUT2D eigenvalue weighted by Gasteiger charge is 2.42. The first kappa shape index (κ1) is 18.9. The van der Waals surface area contributed by atoms with Crippen LogP contribution in [0.15, 0.2) is 18.2 Å². The molecule has 1 aliphatic carbocycles. The van der Waals surface area contributed by atoms with Gasteiger partial charge >= 0.3 is 0 Å².